The summed E-state index contributed by atoms with van der Waals surface area (Å²) in [4.78, 5) is 23.8. The summed E-state index contributed by atoms with van der Waals surface area (Å²) < 4.78 is 11.9. The molecule has 24 heavy (non-hydrogen) atoms. The van der Waals surface area contributed by atoms with E-state index in [9.17, 15) is 9.59 Å². The molecule has 4 rings (SSSR count). The molecule has 0 bridgehead atoms. The van der Waals surface area contributed by atoms with Crippen LogP contribution in [0.4, 0.5) is 5.69 Å². The summed E-state index contributed by atoms with van der Waals surface area (Å²) >= 11 is 0. The lowest BCUT2D eigenvalue weighted by Crippen LogP contribution is -2.36. The van der Waals surface area contributed by atoms with Crippen molar-refractivity contribution in [1.29, 1.82) is 0 Å². The highest BCUT2D eigenvalue weighted by atomic mass is 16.7. The number of hydrogen-bond donors (Lipinski definition) is 2. The summed E-state index contributed by atoms with van der Waals surface area (Å²) in [6, 6.07) is 5.22. The van der Waals surface area contributed by atoms with E-state index in [0.717, 1.165) is 32.1 Å². The van der Waals surface area contributed by atoms with E-state index < -0.39 is 17.6 Å². The van der Waals surface area contributed by atoms with Gasteiger partial charge < -0.3 is 20.1 Å². The molecule has 2 saturated carbocycles. The SMILES string of the molecule is C[C@@H]1C[C@@H]1CNC(=O)C(=O)Nc1ccc2c(c1)OC1(CCCC1)O2. The van der Waals surface area contributed by atoms with Gasteiger partial charge in [0, 0.05) is 31.1 Å². The van der Waals surface area contributed by atoms with Crippen molar-refractivity contribution in [2.75, 3.05) is 11.9 Å². The maximum Gasteiger partial charge on any atom is 0.313 e. The topological polar surface area (TPSA) is 76.7 Å². The van der Waals surface area contributed by atoms with E-state index >= 15 is 0 Å². The fourth-order valence-corrected chi connectivity index (χ4v) is 3.46. The monoisotopic (exact) mass is 330 g/mol. The van der Waals surface area contributed by atoms with Gasteiger partial charge in [0.1, 0.15) is 0 Å². The van der Waals surface area contributed by atoms with Crippen molar-refractivity contribution in [1.82, 2.24) is 5.32 Å². The highest BCUT2D eigenvalue weighted by Gasteiger charge is 2.44. The smallest absolute Gasteiger partial charge is 0.313 e. The van der Waals surface area contributed by atoms with Gasteiger partial charge in [-0.3, -0.25) is 9.59 Å². The van der Waals surface area contributed by atoms with E-state index in [4.69, 9.17) is 9.47 Å². The number of anilines is 1. The Morgan fingerprint density at radius 3 is 2.58 bits per heavy atom. The number of fused-ring (bicyclic) bond motifs is 1. The molecular formula is C18H22N2O4. The fraction of sp³-hybridized carbons (Fsp3) is 0.556. The van der Waals surface area contributed by atoms with Crippen molar-refractivity contribution < 1.29 is 19.1 Å². The zero-order valence-electron chi connectivity index (χ0n) is 13.8. The molecule has 1 heterocycles. The molecule has 1 aromatic rings. The zero-order chi connectivity index (χ0) is 16.7. The molecule has 6 nitrogen and oxygen atoms in total. The molecule has 0 radical (unpaired) electrons. The molecule has 1 aliphatic heterocycles. The predicted octanol–water partition coefficient (Wildman–Crippen LogP) is 2.44. The van der Waals surface area contributed by atoms with Crippen LogP contribution in [0, 0.1) is 11.8 Å². The molecule has 0 saturated heterocycles. The van der Waals surface area contributed by atoms with E-state index in [1.165, 1.54) is 0 Å². The van der Waals surface area contributed by atoms with E-state index in [2.05, 4.69) is 17.6 Å². The Morgan fingerprint density at radius 2 is 1.88 bits per heavy atom. The first-order chi connectivity index (χ1) is 11.5. The Balaban J connectivity index is 1.36. The summed E-state index contributed by atoms with van der Waals surface area (Å²) in [6.45, 7) is 2.71. The van der Waals surface area contributed by atoms with Crippen LogP contribution in [0.3, 0.4) is 0 Å². The quantitative estimate of drug-likeness (QED) is 0.835. The van der Waals surface area contributed by atoms with Crippen LogP contribution in [0.2, 0.25) is 0 Å². The van der Waals surface area contributed by atoms with Gasteiger partial charge in [0.25, 0.3) is 5.79 Å². The predicted molar refractivity (Wildman–Crippen MR) is 87.8 cm³/mol. The van der Waals surface area contributed by atoms with Crippen LogP contribution in [0.1, 0.15) is 39.0 Å². The lowest BCUT2D eigenvalue weighted by molar-refractivity contribution is -0.136. The van der Waals surface area contributed by atoms with Crippen LogP contribution >= 0.6 is 0 Å². The zero-order valence-corrected chi connectivity index (χ0v) is 13.8. The molecule has 2 aliphatic carbocycles. The van der Waals surface area contributed by atoms with Gasteiger partial charge in [-0.05, 0) is 43.2 Å². The molecule has 2 atom stereocenters. The highest BCUT2D eigenvalue weighted by molar-refractivity contribution is 6.39. The average Bonchev–Trinajstić information content (AvgIpc) is 2.97. The van der Waals surface area contributed by atoms with Crippen molar-refractivity contribution in [3.05, 3.63) is 18.2 Å². The first kappa shape index (κ1) is 15.3. The number of carbonyl (C=O) groups excluding carboxylic acids is 2. The van der Waals surface area contributed by atoms with Gasteiger partial charge in [0.15, 0.2) is 11.5 Å². The third-order valence-electron chi connectivity index (χ3n) is 5.17. The van der Waals surface area contributed by atoms with Crippen LogP contribution < -0.4 is 20.1 Å². The lowest BCUT2D eigenvalue weighted by atomic mass is 10.2. The standard InChI is InChI=1S/C18H22N2O4/c1-11-8-12(11)10-19-16(21)17(22)20-13-4-5-14-15(9-13)24-18(23-14)6-2-3-7-18/h4-5,9,11-12H,2-3,6-8,10H2,1H3,(H,19,21)(H,20,22)/t11-,12-/m1/s1. The number of nitrogens with one attached hydrogen (secondary N) is 2. The number of hydrogen-bond acceptors (Lipinski definition) is 4. The Kier molecular flexibility index (Phi) is 3.62. The second-order valence-electron chi connectivity index (χ2n) is 7.12. The van der Waals surface area contributed by atoms with Gasteiger partial charge in [0.2, 0.25) is 0 Å². The number of ether oxygens (including phenoxy) is 2. The van der Waals surface area contributed by atoms with E-state index in [1.54, 1.807) is 18.2 Å². The van der Waals surface area contributed by atoms with Gasteiger partial charge in [0.05, 0.1) is 0 Å². The molecule has 2 fully saturated rings. The summed E-state index contributed by atoms with van der Waals surface area (Å²) in [6.07, 6.45) is 5.07. The van der Waals surface area contributed by atoms with Crippen molar-refractivity contribution in [3.8, 4) is 11.5 Å². The summed E-state index contributed by atoms with van der Waals surface area (Å²) in [7, 11) is 0. The van der Waals surface area contributed by atoms with Crippen LogP contribution in [-0.4, -0.2) is 24.1 Å². The fourth-order valence-electron chi connectivity index (χ4n) is 3.46. The Morgan fingerprint density at radius 1 is 1.17 bits per heavy atom. The van der Waals surface area contributed by atoms with Gasteiger partial charge in [-0.2, -0.15) is 0 Å². The molecule has 3 aliphatic rings. The van der Waals surface area contributed by atoms with Crippen molar-refractivity contribution >= 4 is 17.5 Å². The number of carbonyl (C=O) groups is 2. The summed E-state index contributed by atoms with van der Waals surface area (Å²) in [5.74, 6) is 0.698. The summed E-state index contributed by atoms with van der Waals surface area (Å²) in [5.41, 5.74) is 0.535. The Labute approximate surface area is 140 Å². The molecule has 1 aromatic carbocycles. The molecule has 2 amide bonds. The number of rotatable bonds is 3. The van der Waals surface area contributed by atoms with Crippen molar-refractivity contribution in [2.45, 2.75) is 44.8 Å². The Bertz CT molecular complexity index is 682. The molecule has 2 N–H and O–H groups in total. The number of amides is 2. The highest BCUT2D eigenvalue weighted by Crippen LogP contribution is 2.47. The minimum Gasteiger partial charge on any atom is -0.448 e. The molecule has 6 heteroatoms. The Hall–Kier alpha value is -2.24. The first-order valence-corrected chi connectivity index (χ1v) is 8.66. The second-order valence-corrected chi connectivity index (χ2v) is 7.12. The third-order valence-corrected chi connectivity index (χ3v) is 5.17. The average molecular weight is 330 g/mol. The van der Waals surface area contributed by atoms with Gasteiger partial charge in [-0.25, -0.2) is 0 Å². The minimum atomic E-state index is -0.655. The molecule has 0 aromatic heterocycles. The van der Waals surface area contributed by atoms with E-state index in [1.807, 2.05) is 0 Å². The van der Waals surface area contributed by atoms with Crippen LogP contribution in [0.5, 0.6) is 11.5 Å². The van der Waals surface area contributed by atoms with Gasteiger partial charge in [-0.1, -0.05) is 6.92 Å². The lowest BCUT2D eigenvalue weighted by Gasteiger charge is -2.21. The van der Waals surface area contributed by atoms with Gasteiger partial charge in [-0.15, -0.1) is 0 Å². The molecule has 0 unspecified atom stereocenters. The van der Waals surface area contributed by atoms with Crippen molar-refractivity contribution in [3.63, 3.8) is 0 Å². The molecule has 1 spiro atoms. The number of benzene rings is 1. The molecule has 128 valence electrons. The largest absolute Gasteiger partial charge is 0.448 e. The van der Waals surface area contributed by atoms with Crippen LogP contribution in [0.25, 0.3) is 0 Å². The van der Waals surface area contributed by atoms with E-state index in [-0.39, 0.29) is 0 Å². The maximum absolute atomic E-state index is 12.0. The van der Waals surface area contributed by atoms with E-state index in [0.29, 0.717) is 35.6 Å². The molecular weight excluding hydrogens is 308 g/mol. The summed E-state index contributed by atoms with van der Waals surface area (Å²) in [5, 5.41) is 5.30. The second kappa shape index (κ2) is 5.69. The maximum atomic E-state index is 12.0. The third kappa shape index (κ3) is 2.92. The van der Waals surface area contributed by atoms with Crippen LogP contribution in [-0.2, 0) is 9.59 Å². The minimum absolute atomic E-state index is 0.509. The van der Waals surface area contributed by atoms with Crippen LogP contribution in [0.15, 0.2) is 18.2 Å². The van der Waals surface area contributed by atoms with Gasteiger partial charge >= 0.3 is 11.8 Å². The van der Waals surface area contributed by atoms with Crippen molar-refractivity contribution in [2.24, 2.45) is 11.8 Å². The normalized spacial score (nSPS) is 25.5. The first-order valence-electron chi connectivity index (χ1n) is 8.66.